The molecule has 1 aliphatic rings. The van der Waals surface area contributed by atoms with Crippen molar-refractivity contribution in [2.24, 2.45) is 0 Å². The quantitative estimate of drug-likeness (QED) is 0.555. The largest absolute Gasteiger partial charge is 0.334 e. The fourth-order valence-electron chi connectivity index (χ4n) is 2.35. The van der Waals surface area contributed by atoms with Gasteiger partial charge in [-0.25, -0.2) is 4.58 Å². The van der Waals surface area contributed by atoms with Crippen LogP contribution >= 0.6 is 0 Å². The lowest BCUT2D eigenvalue weighted by atomic mass is 9.95. The van der Waals surface area contributed by atoms with E-state index in [2.05, 4.69) is 35.8 Å². The van der Waals surface area contributed by atoms with E-state index in [-0.39, 0.29) is 0 Å². The van der Waals surface area contributed by atoms with Crippen LogP contribution in [0.4, 0.5) is 0 Å². The summed E-state index contributed by atoms with van der Waals surface area (Å²) in [7, 11) is 4.09. The van der Waals surface area contributed by atoms with Crippen LogP contribution in [0, 0.1) is 6.92 Å². The standard InChI is InChI=1S/C14H19N2O/c1-11-4-6-12(7-5-11)13-8-16(10-17)9-14(13)15(2)3/h4-7,10,13H,8-9H2,1-3H3/q+1. The molecule has 1 fully saturated rings. The van der Waals surface area contributed by atoms with Crippen molar-refractivity contribution in [2.75, 3.05) is 27.2 Å². The highest BCUT2D eigenvalue weighted by Gasteiger charge is 2.34. The number of hydrogen-bond donors (Lipinski definition) is 0. The number of rotatable bonds is 2. The third kappa shape index (κ3) is 2.38. The molecule has 1 amide bonds. The van der Waals surface area contributed by atoms with Crippen molar-refractivity contribution >= 4 is 12.1 Å². The molecule has 1 heterocycles. The predicted molar refractivity (Wildman–Crippen MR) is 68.7 cm³/mol. The van der Waals surface area contributed by atoms with Crippen LogP contribution in [0.3, 0.4) is 0 Å². The van der Waals surface area contributed by atoms with Gasteiger partial charge in [0.1, 0.15) is 20.6 Å². The molecule has 0 radical (unpaired) electrons. The van der Waals surface area contributed by atoms with E-state index in [1.165, 1.54) is 16.8 Å². The average Bonchev–Trinajstić information content (AvgIpc) is 2.74. The Labute approximate surface area is 102 Å². The molecule has 17 heavy (non-hydrogen) atoms. The van der Waals surface area contributed by atoms with Gasteiger partial charge in [-0.2, -0.15) is 0 Å². The molecular formula is C14H19N2O+. The number of amides is 1. The monoisotopic (exact) mass is 231 g/mol. The SMILES string of the molecule is Cc1ccc(C2CN(C=O)CC2=[N+](C)C)cc1. The van der Waals surface area contributed by atoms with E-state index < -0.39 is 0 Å². The molecule has 90 valence electrons. The molecule has 0 aliphatic carbocycles. The topological polar surface area (TPSA) is 23.3 Å². The zero-order chi connectivity index (χ0) is 12.4. The number of nitrogens with zero attached hydrogens (tertiary/aromatic N) is 2. The molecule has 1 aliphatic heterocycles. The van der Waals surface area contributed by atoms with E-state index >= 15 is 0 Å². The Hall–Kier alpha value is -1.64. The van der Waals surface area contributed by atoms with E-state index in [0.717, 1.165) is 19.5 Å². The molecule has 0 N–H and O–H groups in total. The third-order valence-electron chi connectivity index (χ3n) is 3.39. The van der Waals surface area contributed by atoms with Crippen LogP contribution in [0.25, 0.3) is 0 Å². The van der Waals surface area contributed by atoms with E-state index in [1.807, 2.05) is 19.0 Å². The molecule has 0 aromatic heterocycles. The lowest BCUT2D eigenvalue weighted by molar-refractivity contribution is -0.466. The lowest BCUT2D eigenvalue weighted by Gasteiger charge is -2.09. The van der Waals surface area contributed by atoms with Gasteiger partial charge >= 0.3 is 0 Å². The minimum Gasteiger partial charge on any atom is -0.334 e. The van der Waals surface area contributed by atoms with Gasteiger partial charge in [-0.1, -0.05) is 29.8 Å². The molecule has 0 spiro atoms. The normalized spacial score (nSPS) is 19.6. The van der Waals surface area contributed by atoms with Gasteiger partial charge in [-0.3, -0.25) is 4.79 Å². The highest BCUT2D eigenvalue weighted by molar-refractivity contribution is 5.92. The second-order valence-electron chi connectivity index (χ2n) is 4.88. The minimum absolute atomic E-state index is 0.343. The van der Waals surface area contributed by atoms with Gasteiger partial charge in [0.05, 0.1) is 5.92 Å². The van der Waals surface area contributed by atoms with Crippen molar-refractivity contribution in [2.45, 2.75) is 12.8 Å². The number of carbonyl (C=O) groups is 1. The first-order valence-electron chi connectivity index (χ1n) is 5.90. The van der Waals surface area contributed by atoms with Crippen molar-refractivity contribution in [1.82, 2.24) is 4.90 Å². The predicted octanol–water partition coefficient (Wildman–Crippen LogP) is 1.26. The molecule has 1 atom stereocenters. The number of hydrogen-bond acceptors (Lipinski definition) is 1. The van der Waals surface area contributed by atoms with Crippen molar-refractivity contribution in [1.29, 1.82) is 0 Å². The smallest absolute Gasteiger partial charge is 0.210 e. The summed E-state index contributed by atoms with van der Waals surface area (Å²) in [5, 5.41) is 0. The fourth-order valence-corrected chi connectivity index (χ4v) is 2.35. The molecule has 1 unspecified atom stereocenters. The minimum atomic E-state index is 0.343. The van der Waals surface area contributed by atoms with Gasteiger partial charge in [-0.05, 0) is 12.5 Å². The summed E-state index contributed by atoms with van der Waals surface area (Å²) in [5.41, 5.74) is 3.87. The lowest BCUT2D eigenvalue weighted by Crippen LogP contribution is -2.22. The zero-order valence-electron chi connectivity index (χ0n) is 10.7. The van der Waals surface area contributed by atoms with Crippen LogP contribution < -0.4 is 0 Å². The molecular weight excluding hydrogens is 212 g/mol. The summed E-state index contributed by atoms with van der Waals surface area (Å²) in [6.45, 7) is 3.63. The van der Waals surface area contributed by atoms with E-state index in [4.69, 9.17) is 0 Å². The summed E-state index contributed by atoms with van der Waals surface area (Å²) < 4.78 is 2.13. The molecule has 1 aromatic carbocycles. The maximum atomic E-state index is 10.9. The molecule has 3 heteroatoms. The third-order valence-corrected chi connectivity index (χ3v) is 3.39. The van der Waals surface area contributed by atoms with Crippen molar-refractivity contribution in [3.05, 3.63) is 35.4 Å². The highest BCUT2D eigenvalue weighted by atomic mass is 16.1. The van der Waals surface area contributed by atoms with E-state index in [0.29, 0.717) is 5.92 Å². The molecule has 1 aromatic rings. The molecule has 0 bridgehead atoms. The van der Waals surface area contributed by atoms with Crippen LogP contribution in [0.15, 0.2) is 24.3 Å². The molecule has 1 saturated heterocycles. The Morgan fingerprint density at radius 1 is 1.29 bits per heavy atom. The summed E-state index contributed by atoms with van der Waals surface area (Å²) in [5.74, 6) is 0.343. The number of aryl methyl sites for hydroxylation is 1. The van der Waals surface area contributed by atoms with Gasteiger partial charge in [-0.15, -0.1) is 0 Å². The first-order chi connectivity index (χ1) is 8.11. The number of carbonyl (C=O) groups excluding carboxylic acids is 1. The van der Waals surface area contributed by atoms with E-state index in [9.17, 15) is 4.79 Å². The van der Waals surface area contributed by atoms with Crippen LogP contribution in [0.2, 0.25) is 0 Å². The van der Waals surface area contributed by atoms with Gasteiger partial charge in [0.15, 0.2) is 5.71 Å². The fraction of sp³-hybridized carbons (Fsp3) is 0.429. The number of benzene rings is 1. The van der Waals surface area contributed by atoms with Gasteiger partial charge in [0.2, 0.25) is 6.41 Å². The van der Waals surface area contributed by atoms with Gasteiger partial charge < -0.3 is 4.90 Å². The molecule has 0 saturated carbocycles. The highest BCUT2D eigenvalue weighted by Crippen LogP contribution is 2.24. The summed E-state index contributed by atoms with van der Waals surface area (Å²) in [6, 6.07) is 8.59. The Kier molecular flexibility index (Phi) is 3.27. The van der Waals surface area contributed by atoms with Gasteiger partial charge in [0.25, 0.3) is 0 Å². The van der Waals surface area contributed by atoms with Crippen molar-refractivity contribution in [3.8, 4) is 0 Å². The molecule has 2 rings (SSSR count). The summed E-state index contributed by atoms with van der Waals surface area (Å²) >= 11 is 0. The Bertz CT molecular complexity index is 444. The first kappa shape index (κ1) is 11.8. The van der Waals surface area contributed by atoms with Gasteiger partial charge in [0, 0.05) is 6.54 Å². The Morgan fingerprint density at radius 2 is 1.94 bits per heavy atom. The average molecular weight is 231 g/mol. The summed E-state index contributed by atoms with van der Waals surface area (Å²) in [4.78, 5) is 12.7. The van der Waals surface area contributed by atoms with Crippen molar-refractivity contribution < 1.29 is 9.37 Å². The van der Waals surface area contributed by atoms with Crippen molar-refractivity contribution in [3.63, 3.8) is 0 Å². The van der Waals surface area contributed by atoms with E-state index in [1.54, 1.807) is 0 Å². The van der Waals surface area contributed by atoms with Crippen LogP contribution in [-0.2, 0) is 4.79 Å². The first-order valence-corrected chi connectivity index (χ1v) is 5.90. The Balaban J connectivity index is 2.33. The van der Waals surface area contributed by atoms with Crippen LogP contribution in [0.5, 0.6) is 0 Å². The summed E-state index contributed by atoms with van der Waals surface area (Å²) in [6.07, 6.45) is 0.942. The van der Waals surface area contributed by atoms with Crippen LogP contribution in [-0.4, -0.2) is 48.8 Å². The zero-order valence-corrected chi connectivity index (χ0v) is 10.7. The van der Waals surface area contributed by atoms with Crippen LogP contribution in [0.1, 0.15) is 17.0 Å². The maximum Gasteiger partial charge on any atom is 0.210 e. The Morgan fingerprint density at radius 3 is 2.47 bits per heavy atom. The second-order valence-corrected chi connectivity index (χ2v) is 4.88. The molecule has 3 nitrogen and oxygen atoms in total. The second kappa shape index (κ2) is 4.70. The number of likely N-dealkylation sites (tertiary alicyclic amines) is 1. The maximum absolute atomic E-state index is 10.9.